The number of rotatable bonds is 11. The molecule has 0 fully saturated rings. The van der Waals surface area contributed by atoms with Crippen molar-refractivity contribution in [1.29, 1.82) is 0 Å². The first-order valence-electron chi connectivity index (χ1n) is 5.52. The van der Waals surface area contributed by atoms with Crippen LogP contribution in [-0.4, -0.2) is 200 Å². The van der Waals surface area contributed by atoms with Crippen molar-refractivity contribution < 1.29 is 39.6 Å². The van der Waals surface area contributed by atoms with Gasteiger partial charge in [-0.1, -0.05) is 0 Å². The van der Waals surface area contributed by atoms with E-state index in [2.05, 4.69) is 0 Å². The second-order valence-electron chi connectivity index (χ2n) is 4.00. The van der Waals surface area contributed by atoms with Gasteiger partial charge in [0, 0.05) is 13.1 Å². The van der Waals surface area contributed by atoms with Crippen LogP contribution in [0.1, 0.15) is 0 Å². The molecule has 0 spiro atoms. The number of carboxylic acids is 4. The molecule has 24 heavy (non-hydrogen) atoms. The first-order valence-corrected chi connectivity index (χ1v) is 5.52. The molecule has 0 heterocycles. The van der Waals surface area contributed by atoms with E-state index in [1.165, 1.54) is 0 Å². The summed E-state index contributed by atoms with van der Waals surface area (Å²) in [4.78, 5) is 44.4. The molecular formula is C10H22N2Na2O8Sn2. The van der Waals surface area contributed by atoms with Crippen molar-refractivity contribution in [3.63, 3.8) is 0 Å². The Balaban J connectivity index is -0.000000301. The van der Waals surface area contributed by atoms with Crippen LogP contribution in [0.2, 0.25) is 0 Å². The van der Waals surface area contributed by atoms with E-state index in [9.17, 15) is 19.2 Å². The summed E-state index contributed by atoms with van der Waals surface area (Å²) in [5, 5.41) is 34.5. The minimum atomic E-state index is -1.23. The molecule has 0 amide bonds. The standard InChI is InChI=1S/C10H16N2O8.2Na.2Sn.6H/c13-7(14)3-11(4-8(15)16)1-2-12(5-9(17)18)6-10(19)20;;;;;;;;;;/h1-6H2,(H,13,14)(H,15,16)(H,17,18)(H,19,20);;;;;;;;;;. The van der Waals surface area contributed by atoms with Crippen LogP contribution in [-0.2, 0) is 19.2 Å². The fourth-order valence-corrected chi connectivity index (χ4v) is 1.48. The molecule has 0 aromatic rings. The summed E-state index contributed by atoms with van der Waals surface area (Å²) in [6, 6.07) is 0. The second kappa shape index (κ2) is 20.7. The van der Waals surface area contributed by atoms with E-state index in [1.807, 2.05) is 0 Å². The Bertz CT molecular complexity index is 335. The predicted octanol–water partition coefficient (Wildman–Crippen LogP) is -5.20. The Kier molecular flexibility index (Phi) is 31.3. The summed E-state index contributed by atoms with van der Waals surface area (Å²) in [6.07, 6.45) is 0. The van der Waals surface area contributed by atoms with Gasteiger partial charge in [0.2, 0.25) is 0 Å². The van der Waals surface area contributed by atoms with Gasteiger partial charge in [0.25, 0.3) is 0 Å². The van der Waals surface area contributed by atoms with E-state index >= 15 is 0 Å². The van der Waals surface area contributed by atoms with E-state index in [1.54, 1.807) is 0 Å². The third-order valence-corrected chi connectivity index (χ3v) is 2.17. The van der Waals surface area contributed by atoms with Crippen molar-refractivity contribution in [2.75, 3.05) is 39.3 Å². The van der Waals surface area contributed by atoms with Gasteiger partial charge in [0.1, 0.15) is 0 Å². The molecule has 0 rings (SSSR count). The van der Waals surface area contributed by atoms with Gasteiger partial charge in [0.05, 0.1) is 26.2 Å². The van der Waals surface area contributed by atoms with Crippen LogP contribution in [0.4, 0.5) is 0 Å². The second-order valence-corrected chi connectivity index (χ2v) is 4.00. The van der Waals surface area contributed by atoms with Crippen molar-refractivity contribution in [3.8, 4) is 0 Å². The average Bonchev–Trinajstić information content (AvgIpc) is 2.22. The van der Waals surface area contributed by atoms with Crippen molar-refractivity contribution in [1.82, 2.24) is 9.80 Å². The molecule has 4 N–H and O–H groups in total. The van der Waals surface area contributed by atoms with Crippen LogP contribution in [0.15, 0.2) is 0 Å². The van der Waals surface area contributed by atoms with E-state index < -0.39 is 50.1 Å². The summed E-state index contributed by atoms with van der Waals surface area (Å²) >= 11 is 0. The van der Waals surface area contributed by atoms with Gasteiger partial charge in [-0.05, 0) is 0 Å². The normalized spacial score (nSPS) is 8.92. The number of hydrogen-bond acceptors (Lipinski definition) is 6. The van der Waals surface area contributed by atoms with Gasteiger partial charge in [-0.25, -0.2) is 0 Å². The molecule has 0 saturated heterocycles. The van der Waals surface area contributed by atoms with Gasteiger partial charge >= 0.3 is 131 Å². The van der Waals surface area contributed by atoms with Gasteiger partial charge in [-0.15, -0.1) is 0 Å². The van der Waals surface area contributed by atoms with Gasteiger partial charge in [-0.3, -0.25) is 29.0 Å². The van der Waals surface area contributed by atoms with Crippen LogP contribution in [0.3, 0.4) is 0 Å². The van der Waals surface area contributed by atoms with Gasteiger partial charge < -0.3 is 20.4 Å². The first kappa shape index (κ1) is 36.3. The summed E-state index contributed by atoms with van der Waals surface area (Å²) in [7, 11) is 0. The number of carboxylic acid groups (broad SMARTS) is 4. The number of carbonyl (C=O) groups is 4. The number of aliphatic carboxylic acids is 4. The molecule has 0 aliphatic carbocycles. The topological polar surface area (TPSA) is 156 Å². The maximum absolute atomic E-state index is 10.6. The van der Waals surface area contributed by atoms with E-state index in [0.29, 0.717) is 0 Å². The van der Waals surface area contributed by atoms with E-state index in [0.717, 1.165) is 9.80 Å². The van der Waals surface area contributed by atoms with Crippen LogP contribution in [0.5, 0.6) is 0 Å². The predicted molar refractivity (Wildman–Crippen MR) is 94.8 cm³/mol. The molecule has 0 saturated carbocycles. The molecule has 4 radical (unpaired) electrons. The Morgan fingerprint density at radius 2 is 0.708 bits per heavy atom. The zero-order chi connectivity index (χ0) is 15.7. The van der Waals surface area contributed by atoms with Crippen LogP contribution < -0.4 is 0 Å². The van der Waals surface area contributed by atoms with Crippen LogP contribution in [0.25, 0.3) is 0 Å². The molecule has 0 aliphatic rings. The Morgan fingerprint density at radius 3 is 0.833 bits per heavy atom. The SMILES string of the molecule is O=C(O)CN(CCN(CC(=O)O)CC(=O)O)CC(=O)O.[NaH].[NaH].[SnH2].[SnH2]. The minimum absolute atomic E-state index is 0. The Labute approximate surface area is 216 Å². The van der Waals surface area contributed by atoms with Crippen LogP contribution >= 0.6 is 0 Å². The number of nitrogens with zero attached hydrogens (tertiary/aromatic N) is 2. The third-order valence-electron chi connectivity index (χ3n) is 2.17. The molecule has 0 atom stereocenters. The van der Waals surface area contributed by atoms with Gasteiger partial charge in [-0.2, -0.15) is 0 Å². The summed E-state index contributed by atoms with van der Waals surface area (Å²) in [5.41, 5.74) is 0. The maximum atomic E-state index is 10.6. The molecule has 130 valence electrons. The fourth-order valence-electron chi connectivity index (χ4n) is 1.48. The summed E-state index contributed by atoms with van der Waals surface area (Å²) in [6.45, 7) is -2.25. The Hall–Kier alpha value is 1.40. The van der Waals surface area contributed by atoms with Crippen molar-refractivity contribution in [2.24, 2.45) is 0 Å². The molecule has 10 nitrogen and oxygen atoms in total. The van der Waals surface area contributed by atoms with E-state index in [-0.39, 0.29) is 120 Å². The van der Waals surface area contributed by atoms with E-state index in [4.69, 9.17) is 20.4 Å². The molecule has 0 aliphatic heterocycles. The van der Waals surface area contributed by atoms with Gasteiger partial charge in [0.15, 0.2) is 0 Å². The zero-order valence-electron chi connectivity index (χ0n) is 12.0. The molecular weight excluding hydrogens is 560 g/mol. The summed E-state index contributed by atoms with van der Waals surface area (Å²) in [5.74, 6) is -4.91. The van der Waals surface area contributed by atoms with Crippen molar-refractivity contribution in [3.05, 3.63) is 0 Å². The fraction of sp³-hybridized carbons (Fsp3) is 0.600. The monoisotopic (exact) mass is 584 g/mol. The van der Waals surface area contributed by atoms with Crippen LogP contribution in [0, 0.1) is 0 Å². The molecule has 0 bridgehead atoms. The molecule has 14 heteroatoms. The van der Waals surface area contributed by atoms with Crippen molar-refractivity contribution in [2.45, 2.75) is 0 Å². The van der Waals surface area contributed by atoms with Crippen molar-refractivity contribution >= 4 is 131 Å². The zero-order valence-corrected chi connectivity index (χ0v) is 20.0. The molecule has 0 aromatic heterocycles. The molecule has 0 unspecified atom stereocenters. The Morgan fingerprint density at radius 1 is 0.542 bits per heavy atom. The quantitative estimate of drug-likeness (QED) is 0.174. The molecule has 0 aromatic carbocycles. The summed E-state index contributed by atoms with van der Waals surface area (Å²) < 4.78 is 0. The third kappa shape index (κ3) is 23.4. The first-order chi connectivity index (χ1) is 9.20. The average molecular weight is 582 g/mol. The number of hydrogen-bond donors (Lipinski definition) is 4.